The SMILES string of the molecule is O=c1c(NCCOc2ccccc2)cnc(-c2ccccc2)n1CC=C1CCC1. The molecule has 2 aromatic carbocycles. The molecule has 1 aliphatic carbocycles. The molecule has 0 bridgehead atoms. The monoisotopic (exact) mass is 387 g/mol. The number of anilines is 1. The van der Waals surface area contributed by atoms with Crippen LogP contribution in [0.15, 0.2) is 83.3 Å². The van der Waals surface area contributed by atoms with Crippen molar-refractivity contribution in [2.45, 2.75) is 25.8 Å². The van der Waals surface area contributed by atoms with E-state index in [0.717, 1.165) is 24.2 Å². The first-order valence-corrected chi connectivity index (χ1v) is 10.1. The van der Waals surface area contributed by atoms with E-state index in [9.17, 15) is 4.79 Å². The number of nitrogens with one attached hydrogen (secondary N) is 1. The number of aromatic nitrogens is 2. The Bertz CT molecular complexity index is 1020. The Balaban J connectivity index is 1.51. The Kier molecular flexibility index (Phi) is 6.05. The fourth-order valence-corrected chi connectivity index (χ4v) is 3.28. The number of hydrogen-bond donors (Lipinski definition) is 1. The van der Waals surface area contributed by atoms with Crippen molar-refractivity contribution < 1.29 is 4.74 Å². The van der Waals surface area contributed by atoms with E-state index in [4.69, 9.17) is 4.74 Å². The van der Waals surface area contributed by atoms with Crippen molar-refractivity contribution >= 4 is 5.69 Å². The van der Waals surface area contributed by atoms with Crippen LogP contribution in [0.4, 0.5) is 5.69 Å². The van der Waals surface area contributed by atoms with Crippen molar-refractivity contribution in [2.75, 3.05) is 18.5 Å². The Hall–Kier alpha value is -3.34. The molecule has 5 nitrogen and oxygen atoms in total. The van der Waals surface area contributed by atoms with E-state index in [0.29, 0.717) is 31.2 Å². The van der Waals surface area contributed by atoms with Crippen LogP contribution < -0.4 is 15.6 Å². The summed E-state index contributed by atoms with van der Waals surface area (Å²) in [5.74, 6) is 1.51. The fourth-order valence-electron chi connectivity index (χ4n) is 3.28. The minimum atomic E-state index is -0.0604. The Morgan fingerprint density at radius 3 is 2.45 bits per heavy atom. The summed E-state index contributed by atoms with van der Waals surface area (Å²) in [5.41, 5.74) is 2.80. The van der Waals surface area contributed by atoms with Gasteiger partial charge in [0, 0.05) is 18.7 Å². The molecule has 1 fully saturated rings. The van der Waals surface area contributed by atoms with Crippen molar-refractivity contribution in [3.8, 4) is 17.1 Å². The zero-order valence-corrected chi connectivity index (χ0v) is 16.4. The number of hydrogen-bond acceptors (Lipinski definition) is 4. The topological polar surface area (TPSA) is 56.1 Å². The minimum Gasteiger partial charge on any atom is -0.492 e. The molecule has 29 heavy (non-hydrogen) atoms. The molecule has 148 valence electrons. The quantitative estimate of drug-likeness (QED) is 0.456. The summed E-state index contributed by atoms with van der Waals surface area (Å²) in [7, 11) is 0. The highest BCUT2D eigenvalue weighted by Crippen LogP contribution is 2.25. The van der Waals surface area contributed by atoms with E-state index in [1.165, 1.54) is 12.0 Å². The van der Waals surface area contributed by atoms with Gasteiger partial charge < -0.3 is 10.1 Å². The van der Waals surface area contributed by atoms with Gasteiger partial charge in [0.15, 0.2) is 0 Å². The maximum Gasteiger partial charge on any atom is 0.277 e. The fraction of sp³-hybridized carbons (Fsp3) is 0.250. The van der Waals surface area contributed by atoms with Gasteiger partial charge in [0.2, 0.25) is 0 Å². The maximum absolute atomic E-state index is 13.1. The van der Waals surface area contributed by atoms with Crippen LogP contribution in [0.1, 0.15) is 19.3 Å². The zero-order chi connectivity index (χ0) is 19.9. The number of rotatable bonds is 8. The van der Waals surface area contributed by atoms with E-state index in [-0.39, 0.29) is 5.56 Å². The molecule has 1 aromatic heterocycles. The lowest BCUT2D eigenvalue weighted by atomic mass is 9.92. The van der Waals surface area contributed by atoms with E-state index in [1.807, 2.05) is 60.7 Å². The van der Waals surface area contributed by atoms with Crippen LogP contribution in [0.5, 0.6) is 5.75 Å². The van der Waals surface area contributed by atoms with Crippen molar-refractivity contribution in [3.63, 3.8) is 0 Å². The third kappa shape index (κ3) is 4.74. The lowest BCUT2D eigenvalue weighted by Crippen LogP contribution is -2.27. The third-order valence-corrected chi connectivity index (χ3v) is 5.07. The van der Waals surface area contributed by atoms with Crippen LogP contribution in [0.3, 0.4) is 0 Å². The second-order valence-electron chi connectivity index (χ2n) is 7.08. The van der Waals surface area contributed by atoms with Gasteiger partial charge in [0.25, 0.3) is 5.56 Å². The number of allylic oxidation sites excluding steroid dienone is 2. The summed E-state index contributed by atoms with van der Waals surface area (Å²) in [6.45, 7) is 1.53. The zero-order valence-electron chi connectivity index (χ0n) is 16.4. The molecule has 1 N–H and O–H groups in total. The Morgan fingerprint density at radius 2 is 1.76 bits per heavy atom. The molecule has 0 saturated heterocycles. The molecule has 1 heterocycles. The molecule has 0 atom stereocenters. The van der Waals surface area contributed by atoms with Gasteiger partial charge in [0.05, 0.1) is 6.20 Å². The Morgan fingerprint density at radius 1 is 1.03 bits per heavy atom. The lowest BCUT2D eigenvalue weighted by molar-refractivity contribution is 0.333. The summed E-state index contributed by atoms with van der Waals surface area (Å²) >= 11 is 0. The van der Waals surface area contributed by atoms with Crippen LogP contribution in [0, 0.1) is 0 Å². The first-order chi connectivity index (χ1) is 14.3. The Labute approximate surface area is 170 Å². The van der Waals surface area contributed by atoms with E-state index in [1.54, 1.807) is 10.8 Å². The third-order valence-electron chi connectivity index (χ3n) is 5.07. The number of benzene rings is 2. The molecule has 0 radical (unpaired) electrons. The molecule has 0 amide bonds. The van der Waals surface area contributed by atoms with Gasteiger partial charge in [-0.1, -0.05) is 60.2 Å². The summed E-state index contributed by atoms with van der Waals surface area (Å²) < 4.78 is 7.44. The highest BCUT2D eigenvalue weighted by atomic mass is 16.5. The summed E-state index contributed by atoms with van der Waals surface area (Å²) in [6, 6.07) is 19.5. The largest absolute Gasteiger partial charge is 0.492 e. The first kappa shape index (κ1) is 19.0. The van der Waals surface area contributed by atoms with Crippen LogP contribution in [0.2, 0.25) is 0 Å². The van der Waals surface area contributed by atoms with Gasteiger partial charge >= 0.3 is 0 Å². The summed E-state index contributed by atoms with van der Waals surface area (Å²) in [5, 5.41) is 3.18. The number of ether oxygens (including phenoxy) is 1. The molecule has 1 saturated carbocycles. The highest BCUT2D eigenvalue weighted by molar-refractivity contribution is 5.57. The predicted molar refractivity (Wildman–Crippen MR) is 116 cm³/mol. The van der Waals surface area contributed by atoms with Crippen molar-refractivity contribution in [2.24, 2.45) is 0 Å². The van der Waals surface area contributed by atoms with E-state index >= 15 is 0 Å². The molecule has 4 rings (SSSR count). The second kappa shape index (κ2) is 9.24. The molecular formula is C24H25N3O2. The van der Waals surface area contributed by atoms with E-state index < -0.39 is 0 Å². The average molecular weight is 387 g/mol. The molecule has 1 aliphatic rings. The van der Waals surface area contributed by atoms with Gasteiger partial charge in [-0.25, -0.2) is 4.98 Å². The van der Waals surface area contributed by atoms with Gasteiger partial charge in [-0.15, -0.1) is 0 Å². The standard InChI is InChI=1S/C24H25N3O2/c28-24-22(25-15-17-29-21-12-5-2-6-13-21)18-26-23(20-10-3-1-4-11-20)27(24)16-14-19-8-7-9-19/h1-6,10-14,18,25H,7-9,15-17H2. The van der Waals surface area contributed by atoms with Crippen LogP contribution in [0.25, 0.3) is 11.4 Å². The predicted octanol–water partition coefficient (Wildman–Crippen LogP) is 4.51. The van der Waals surface area contributed by atoms with Crippen molar-refractivity contribution in [1.82, 2.24) is 9.55 Å². The summed E-state index contributed by atoms with van der Waals surface area (Å²) in [6.07, 6.45) is 7.31. The molecule has 0 spiro atoms. The summed E-state index contributed by atoms with van der Waals surface area (Å²) in [4.78, 5) is 17.7. The highest BCUT2D eigenvalue weighted by Gasteiger charge is 2.13. The van der Waals surface area contributed by atoms with Crippen LogP contribution >= 0.6 is 0 Å². The molecule has 5 heteroatoms. The lowest BCUT2D eigenvalue weighted by Gasteiger charge is -2.18. The average Bonchev–Trinajstić information content (AvgIpc) is 2.73. The van der Waals surface area contributed by atoms with Gasteiger partial charge in [-0.2, -0.15) is 0 Å². The molecule has 3 aromatic rings. The van der Waals surface area contributed by atoms with Crippen LogP contribution in [-0.4, -0.2) is 22.7 Å². The first-order valence-electron chi connectivity index (χ1n) is 10.1. The normalized spacial score (nSPS) is 12.9. The number of para-hydroxylation sites is 1. The second-order valence-corrected chi connectivity index (χ2v) is 7.08. The minimum absolute atomic E-state index is 0.0604. The molecule has 0 aliphatic heterocycles. The molecule has 0 unspecified atom stereocenters. The van der Waals surface area contributed by atoms with E-state index in [2.05, 4.69) is 16.4 Å². The van der Waals surface area contributed by atoms with Gasteiger partial charge in [-0.05, 0) is 31.4 Å². The maximum atomic E-state index is 13.1. The van der Waals surface area contributed by atoms with Crippen molar-refractivity contribution in [1.29, 1.82) is 0 Å². The van der Waals surface area contributed by atoms with Crippen LogP contribution in [-0.2, 0) is 6.54 Å². The number of nitrogens with zero attached hydrogens (tertiary/aromatic N) is 2. The smallest absolute Gasteiger partial charge is 0.277 e. The molecular weight excluding hydrogens is 362 g/mol. The van der Waals surface area contributed by atoms with Gasteiger partial charge in [-0.3, -0.25) is 9.36 Å². The van der Waals surface area contributed by atoms with Gasteiger partial charge in [0.1, 0.15) is 23.9 Å². The van der Waals surface area contributed by atoms with Crippen molar-refractivity contribution in [3.05, 3.63) is 88.9 Å².